The summed E-state index contributed by atoms with van der Waals surface area (Å²) >= 11 is 0. The van der Waals surface area contributed by atoms with Crippen molar-refractivity contribution in [1.82, 2.24) is 4.72 Å². The van der Waals surface area contributed by atoms with E-state index < -0.39 is 15.8 Å². The van der Waals surface area contributed by atoms with Gasteiger partial charge >= 0.3 is 0 Å². The van der Waals surface area contributed by atoms with Crippen LogP contribution in [0.25, 0.3) is 0 Å². The molecule has 0 heterocycles. The third-order valence-corrected chi connectivity index (χ3v) is 5.02. The second-order valence-electron chi connectivity index (χ2n) is 5.77. The van der Waals surface area contributed by atoms with Crippen molar-refractivity contribution in [1.29, 1.82) is 0 Å². The van der Waals surface area contributed by atoms with Gasteiger partial charge in [-0.15, -0.1) is 0 Å². The molecule has 6 heteroatoms. The summed E-state index contributed by atoms with van der Waals surface area (Å²) in [5.41, 5.74) is 5.49. The highest BCUT2D eigenvalue weighted by atomic mass is 32.2. The number of hydrogen-bond acceptors (Lipinski definition) is 3. The van der Waals surface area contributed by atoms with Crippen LogP contribution in [0.2, 0.25) is 0 Å². The summed E-state index contributed by atoms with van der Waals surface area (Å²) in [7, 11) is -3.75. The Hall–Kier alpha value is -0.980. The van der Waals surface area contributed by atoms with E-state index in [2.05, 4.69) is 18.6 Å². The van der Waals surface area contributed by atoms with E-state index in [0.29, 0.717) is 5.92 Å². The van der Waals surface area contributed by atoms with Crippen LogP contribution in [0.3, 0.4) is 0 Å². The van der Waals surface area contributed by atoms with Crippen molar-refractivity contribution >= 4 is 10.0 Å². The lowest BCUT2D eigenvalue weighted by Gasteiger charge is -2.16. The lowest BCUT2D eigenvalue weighted by molar-refractivity contribution is 0.487. The molecule has 0 aliphatic carbocycles. The fourth-order valence-corrected chi connectivity index (χ4v) is 3.75. The van der Waals surface area contributed by atoms with Gasteiger partial charge in [0, 0.05) is 18.2 Å². The van der Waals surface area contributed by atoms with Crippen molar-refractivity contribution in [3.05, 3.63) is 29.6 Å². The molecule has 1 aromatic rings. The first kappa shape index (κ1) is 18.1. The first-order chi connectivity index (χ1) is 9.77. The molecule has 0 radical (unpaired) electrons. The maximum Gasteiger partial charge on any atom is 0.241 e. The minimum atomic E-state index is -3.75. The lowest BCUT2D eigenvalue weighted by Crippen LogP contribution is -2.33. The lowest BCUT2D eigenvalue weighted by atomic mass is 10.0. The van der Waals surface area contributed by atoms with Gasteiger partial charge in [0.15, 0.2) is 0 Å². The molecule has 0 bridgehead atoms. The number of benzene rings is 1. The molecule has 1 rings (SSSR count). The summed E-state index contributed by atoms with van der Waals surface area (Å²) in [5.74, 6) is 0.00806. The minimum absolute atomic E-state index is 0.0272. The van der Waals surface area contributed by atoms with Gasteiger partial charge in [0.1, 0.15) is 5.82 Å². The number of halogens is 1. The van der Waals surface area contributed by atoms with Crippen LogP contribution in [0, 0.1) is 11.7 Å². The fourth-order valence-electron chi connectivity index (χ4n) is 2.21. The smallest absolute Gasteiger partial charge is 0.241 e. The second kappa shape index (κ2) is 7.87. The van der Waals surface area contributed by atoms with Crippen LogP contribution in [-0.2, 0) is 16.6 Å². The quantitative estimate of drug-likeness (QED) is 0.774. The van der Waals surface area contributed by atoms with E-state index in [9.17, 15) is 12.8 Å². The van der Waals surface area contributed by atoms with Gasteiger partial charge in [-0.3, -0.25) is 0 Å². The average molecular weight is 316 g/mol. The van der Waals surface area contributed by atoms with Gasteiger partial charge in [-0.1, -0.05) is 32.8 Å². The molecule has 0 fully saturated rings. The van der Waals surface area contributed by atoms with Crippen molar-refractivity contribution in [2.24, 2.45) is 11.7 Å². The first-order valence-electron chi connectivity index (χ1n) is 7.27. The number of nitrogens with two attached hydrogens (primary N) is 1. The summed E-state index contributed by atoms with van der Waals surface area (Å²) in [6.07, 6.45) is 2.76. The number of nitrogens with one attached hydrogen (secondary N) is 1. The maximum absolute atomic E-state index is 13.6. The van der Waals surface area contributed by atoms with Gasteiger partial charge in [0.25, 0.3) is 0 Å². The van der Waals surface area contributed by atoms with E-state index in [-0.39, 0.29) is 23.0 Å². The molecule has 120 valence electrons. The average Bonchev–Trinajstić information content (AvgIpc) is 2.37. The molecule has 0 aliphatic rings. The molecule has 1 atom stereocenters. The van der Waals surface area contributed by atoms with Gasteiger partial charge in [0.05, 0.1) is 4.90 Å². The Morgan fingerprint density at radius 3 is 2.48 bits per heavy atom. The zero-order valence-corrected chi connectivity index (χ0v) is 13.7. The first-order valence-corrected chi connectivity index (χ1v) is 8.76. The molecule has 4 nitrogen and oxygen atoms in total. The molecule has 0 saturated heterocycles. The Morgan fingerprint density at radius 1 is 1.24 bits per heavy atom. The second-order valence-corrected chi connectivity index (χ2v) is 7.45. The van der Waals surface area contributed by atoms with E-state index in [1.165, 1.54) is 18.2 Å². The molecule has 0 aliphatic heterocycles. The molecule has 1 aromatic carbocycles. The molecule has 0 amide bonds. The third-order valence-electron chi connectivity index (χ3n) is 3.34. The minimum Gasteiger partial charge on any atom is -0.326 e. The molecule has 0 spiro atoms. The predicted octanol–water partition coefficient (Wildman–Crippen LogP) is 2.78. The summed E-state index contributed by atoms with van der Waals surface area (Å²) in [6.45, 7) is 5.94. The Morgan fingerprint density at radius 2 is 1.90 bits per heavy atom. The molecular formula is C15H25FN2O2S. The van der Waals surface area contributed by atoms with E-state index in [0.717, 1.165) is 19.3 Å². The topological polar surface area (TPSA) is 72.2 Å². The largest absolute Gasteiger partial charge is 0.326 e. The third kappa shape index (κ3) is 5.37. The molecule has 0 saturated carbocycles. The summed E-state index contributed by atoms with van der Waals surface area (Å²) < 4.78 is 40.9. The van der Waals surface area contributed by atoms with Gasteiger partial charge in [-0.05, 0) is 31.4 Å². The SMILES string of the molecule is CC(C)CCCC(C)NS(=O)(=O)c1cccc(F)c1CN. The van der Waals surface area contributed by atoms with Crippen LogP contribution in [0.5, 0.6) is 0 Å². The molecule has 3 N–H and O–H groups in total. The normalized spacial score (nSPS) is 13.6. The highest BCUT2D eigenvalue weighted by molar-refractivity contribution is 7.89. The highest BCUT2D eigenvalue weighted by Gasteiger charge is 2.22. The van der Waals surface area contributed by atoms with E-state index in [4.69, 9.17) is 5.73 Å². The predicted molar refractivity (Wildman–Crippen MR) is 82.8 cm³/mol. The van der Waals surface area contributed by atoms with Crippen LogP contribution >= 0.6 is 0 Å². The Kier molecular flexibility index (Phi) is 6.77. The standard InChI is InChI=1S/C15H25FN2O2S/c1-11(2)6-4-7-12(3)18-21(19,20)15-9-5-8-14(16)13(15)10-17/h5,8-9,11-12,18H,4,6-7,10,17H2,1-3H3. The number of hydrogen-bond donors (Lipinski definition) is 2. The zero-order chi connectivity index (χ0) is 16.0. The van der Waals surface area contributed by atoms with Crippen molar-refractivity contribution < 1.29 is 12.8 Å². The Bertz CT molecular complexity index is 559. The van der Waals surface area contributed by atoms with Gasteiger partial charge in [-0.25, -0.2) is 17.5 Å². The van der Waals surface area contributed by atoms with Crippen molar-refractivity contribution in [2.75, 3.05) is 0 Å². The van der Waals surface area contributed by atoms with Crippen LogP contribution in [-0.4, -0.2) is 14.5 Å². The van der Waals surface area contributed by atoms with E-state index in [1.807, 2.05) is 6.92 Å². The summed E-state index contributed by atoms with van der Waals surface area (Å²) in [6, 6.07) is 3.79. The van der Waals surface area contributed by atoms with Crippen LogP contribution in [0.15, 0.2) is 23.1 Å². The number of rotatable bonds is 8. The molecule has 21 heavy (non-hydrogen) atoms. The molecular weight excluding hydrogens is 291 g/mol. The summed E-state index contributed by atoms with van der Waals surface area (Å²) in [4.78, 5) is -0.0688. The van der Waals surface area contributed by atoms with E-state index >= 15 is 0 Å². The van der Waals surface area contributed by atoms with Crippen molar-refractivity contribution in [2.45, 2.75) is 57.5 Å². The van der Waals surface area contributed by atoms with Gasteiger partial charge in [0.2, 0.25) is 10.0 Å². The summed E-state index contributed by atoms with van der Waals surface area (Å²) in [5, 5.41) is 0. The Balaban J connectivity index is 2.80. The van der Waals surface area contributed by atoms with Gasteiger partial charge in [-0.2, -0.15) is 0 Å². The van der Waals surface area contributed by atoms with Crippen molar-refractivity contribution in [3.8, 4) is 0 Å². The van der Waals surface area contributed by atoms with Gasteiger partial charge < -0.3 is 5.73 Å². The van der Waals surface area contributed by atoms with Crippen LogP contribution in [0.4, 0.5) is 4.39 Å². The van der Waals surface area contributed by atoms with Crippen LogP contribution < -0.4 is 10.5 Å². The van der Waals surface area contributed by atoms with Crippen molar-refractivity contribution in [3.63, 3.8) is 0 Å². The Labute approximate surface area is 127 Å². The molecule has 0 aromatic heterocycles. The monoisotopic (exact) mass is 316 g/mol. The fraction of sp³-hybridized carbons (Fsp3) is 0.600. The van der Waals surface area contributed by atoms with E-state index in [1.54, 1.807) is 0 Å². The number of sulfonamides is 1. The molecule has 1 unspecified atom stereocenters. The highest BCUT2D eigenvalue weighted by Crippen LogP contribution is 2.19. The zero-order valence-electron chi connectivity index (χ0n) is 12.9. The maximum atomic E-state index is 13.6. The van der Waals surface area contributed by atoms with Crippen LogP contribution in [0.1, 0.15) is 45.6 Å².